The van der Waals surface area contributed by atoms with Crippen LogP contribution in [0, 0.1) is 6.92 Å². The zero-order chi connectivity index (χ0) is 12.7. The number of H-pyrrole nitrogens is 2. The first-order chi connectivity index (χ1) is 8.66. The van der Waals surface area contributed by atoms with Gasteiger partial charge in [0.1, 0.15) is 0 Å². The Bertz CT molecular complexity index is 839. The third-order valence-electron chi connectivity index (χ3n) is 3.04. The van der Waals surface area contributed by atoms with Crippen LogP contribution in [0.25, 0.3) is 16.6 Å². The van der Waals surface area contributed by atoms with E-state index in [9.17, 15) is 9.59 Å². The second-order valence-electron chi connectivity index (χ2n) is 4.13. The predicted molar refractivity (Wildman–Crippen MR) is 69.3 cm³/mol. The van der Waals surface area contributed by atoms with E-state index in [1.165, 1.54) is 16.8 Å². The summed E-state index contributed by atoms with van der Waals surface area (Å²) in [5, 5.41) is 1.09. The van der Waals surface area contributed by atoms with Crippen LogP contribution in [0.5, 0.6) is 0 Å². The summed E-state index contributed by atoms with van der Waals surface area (Å²) >= 11 is 0. The van der Waals surface area contributed by atoms with Crippen LogP contribution in [0.3, 0.4) is 0 Å². The Hall–Kier alpha value is -2.56. The number of fused-ring (bicyclic) bond motifs is 1. The summed E-state index contributed by atoms with van der Waals surface area (Å²) in [4.78, 5) is 28.2. The Balaban J connectivity index is 2.34. The fraction of sp³-hybridized carbons (Fsp3) is 0.0769. The molecule has 1 aromatic carbocycles. The molecule has 0 fully saturated rings. The Labute approximate surface area is 102 Å². The Morgan fingerprint density at radius 3 is 2.72 bits per heavy atom. The molecule has 0 aliphatic heterocycles. The summed E-state index contributed by atoms with van der Waals surface area (Å²) in [6, 6.07) is 7.11. The number of aromatic amines is 2. The van der Waals surface area contributed by atoms with Crippen molar-refractivity contribution in [2.24, 2.45) is 0 Å². The van der Waals surface area contributed by atoms with E-state index in [1.54, 1.807) is 0 Å². The van der Waals surface area contributed by atoms with Crippen molar-refractivity contribution in [2.75, 3.05) is 0 Å². The third-order valence-corrected chi connectivity index (χ3v) is 3.04. The molecule has 0 amide bonds. The van der Waals surface area contributed by atoms with Crippen molar-refractivity contribution in [2.45, 2.75) is 6.92 Å². The van der Waals surface area contributed by atoms with Crippen molar-refractivity contribution in [1.82, 2.24) is 14.5 Å². The monoisotopic (exact) mass is 241 g/mol. The van der Waals surface area contributed by atoms with Crippen LogP contribution in [-0.2, 0) is 0 Å². The fourth-order valence-corrected chi connectivity index (χ4v) is 2.13. The molecule has 0 saturated carbocycles. The molecule has 0 atom stereocenters. The highest BCUT2D eigenvalue weighted by Gasteiger charge is 2.07. The standard InChI is InChI=1S/C13H11N3O2/c1-8-10(3-2-9-4-6-14-12(8)9)16-7-5-11(17)15-13(16)18/h2-7,14H,1H3,(H,15,17,18). The van der Waals surface area contributed by atoms with Crippen molar-refractivity contribution in [3.63, 3.8) is 0 Å². The molecule has 2 heterocycles. The molecule has 3 aromatic rings. The highest BCUT2D eigenvalue weighted by atomic mass is 16.2. The van der Waals surface area contributed by atoms with Crippen molar-refractivity contribution in [3.8, 4) is 5.69 Å². The zero-order valence-corrected chi connectivity index (χ0v) is 9.73. The molecule has 0 aliphatic carbocycles. The summed E-state index contributed by atoms with van der Waals surface area (Å²) in [6.07, 6.45) is 3.34. The molecule has 0 aliphatic rings. The molecular weight excluding hydrogens is 230 g/mol. The van der Waals surface area contributed by atoms with Crippen LogP contribution in [0.15, 0.2) is 46.2 Å². The zero-order valence-electron chi connectivity index (χ0n) is 9.73. The highest BCUT2D eigenvalue weighted by Crippen LogP contribution is 2.22. The number of nitrogens with one attached hydrogen (secondary N) is 2. The molecule has 0 unspecified atom stereocenters. The van der Waals surface area contributed by atoms with E-state index in [2.05, 4.69) is 9.97 Å². The Kier molecular flexibility index (Phi) is 2.19. The third kappa shape index (κ3) is 1.48. The largest absolute Gasteiger partial charge is 0.361 e. The van der Waals surface area contributed by atoms with Crippen LogP contribution >= 0.6 is 0 Å². The van der Waals surface area contributed by atoms with E-state index in [0.29, 0.717) is 0 Å². The average Bonchev–Trinajstić information content (AvgIpc) is 2.80. The van der Waals surface area contributed by atoms with Crippen LogP contribution in [0.2, 0.25) is 0 Å². The van der Waals surface area contributed by atoms with Gasteiger partial charge in [-0.15, -0.1) is 0 Å². The summed E-state index contributed by atoms with van der Waals surface area (Å²) in [7, 11) is 0. The number of hydrogen-bond donors (Lipinski definition) is 2. The topological polar surface area (TPSA) is 70.7 Å². The maximum atomic E-state index is 11.8. The summed E-state index contributed by atoms with van der Waals surface area (Å²) in [5.41, 5.74) is 1.88. The van der Waals surface area contributed by atoms with Gasteiger partial charge in [-0.2, -0.15) is 0 Å². The van der Waals surface area contributed by atoms with Crippen LogP contribution < -0.4 is 11.2 Å². The van der Waals surface area contributed by atoms with E-state index >= 15 is 0 Å². The molecule has 90 valence electrons. The van der Waals surface area contributed by atoms with Crippen molar-refractivity contribution >= 4 is 10.9 Å². The SMILES string of the molecule is Cc1c(-n2ccc(=O)[nH]c2=O)ccc2cc[nH]c12. The second-order valence-corrected chi connectivity index (χ2v) is 4.13. The lowest BCUT2D eigenvalue weighted by molar-refractivity contribution is 0.891. The first-order valence-electron chi connectivity index (χ1n) is 5.56. The van der Waals surface area contributed by atoms with Crippen LogP contribution in [0.4, 0.5) is 0 Å². The van der Waals surface area contributed by atoms with Crippen molar-refractivity contribution in [3.05, 3.63) is 63.1 Å². The lowest BCUT2D eigenvalue weighted by atomic mass is 10.1. The first-order valence-corrected chi connectivity index (χ1v) is 5.56. The minimum Gasteiger partial charge on any atom is -0.361 e. The highest BCUT2D eigenvalue weighted by molar-refractivity contribution is 5.85. The number of nitrogens with zero attached hydrogens (tertiary/aromatic N) is 1. The minimum absolute atomic E-state index is 0.394. The first kappa shape index (κ1) is 10.6. The normalized spacial score (nSPS) is 10.9. The van der Waals surface area contributed by atoms with Gasteiger partial charge in [-0.05, 0) is 30.0 Å². The molecule has 5 nitrogen and oxygen atoms in total. The maximum absolute atomic E-state index is 11.8. The van der Waals surface area contributed by atoms with Gasteiger partial charge < -0.3 is 4.98 Å². The Morgan fingerprint density at radius 1 is 1.11 bits per heavy atom. The summed E-state index contributed by atoms with van der Waals surface area (Å²) in [5.74, 6) is 0. The molecule has 2 N–H and O–H groups in total. The van der Waals surface area contributed by atoms with Gasteiger partial charge in [0.05, 0.1) is 11.2 Å². The molecule has 0 saturated heterocycles. The molecule has 5 heteroatoms. The van der Waals surface area contributed by atoms with E-state index in [0.717, 1.165) is 22.2 Å². The smallest absolute Gasteiger partial charge is 0.332 e. The molecular formula is C13H11N3O2. The second kappa shape index (κ2) is 3.73. The lowest BCUT2D eigenvalue weighted by Crippen LogP contribution is -2.27. The van der Waals surface area contributed by atoms with E-state index in [-0.39, 0.29) is 0 Å². The van der Waals surface area contributed by atoms with Crippen molar-refractivity contribution in [1.29, 1.82) is 0 Å². The summed E-state index contributed by atoms with van der Waals surface area (Å²) in [6.45, 7) is 1.94. The van der Waals surface area contributed by atoms with Crippen LogP contribution in [-0.4, -0.2) is 14.5 Å². The minimum atomic E-state index is -0.434. The fourth-order valence-electron chi connectivity index (χ4n) is 2.13. The molecule has 2 aromatic heterocycles. The van der Waals surface area contributed by atoms with E-state index in [1.807, 2.05) is 31.3 Å². The van der Waals surface area contributed by atoms with Crippen molar-refractivity contribution < 1.29 is 0 Å². The number of hydrogen-bond acceptors (Lipinski definition) is 2. The lowest BCUT2D eigenvalue weighted by Gasteiger charge is -2.09. The summed E-state index contributed by atoms with van der Waals surface area (Å²) < 4.78 is 1.43. The number of benzene rings is 1. The number of aryl methyl sites for hydroxylation is 1. The van der Waals surface area contributed by atoms with E-state index < -0.39 is 11.2 Å². The predicted octanol–water partition coefficient (Wildman–Crippen LogP) is 1.32. The molecule has 0 radical (unpaired) electrons. The molecule has 18 heavy (non-hydrogen) atoms. The average molecular weight is 241 g/mol. The van der Waals surface area contributed by atoms with Gasteiger partial charge >= 0.3 is 5.69 Å². The maximum Gasteiger partial charge on any atom is 0.332 e. The molecule has 0 spiro atoms. The van der Waals surface area contributed by atoms with Gasteiger partial charge in [0.15, 0.2) is 0 Å². The van der Waals surface area contributed by atoms with Gasteiger partial charge in [0.2, 0.25) is 0 Å². The van der Waals surface area contributed by atoms with Gasteiger partial charge in [0.25, 0.3) is 5.56 Å². The van der Waals surface area contributed by atoms with Gasteiger partial charge in [-0.1, -0.05) is 6.07 Å². The van der Waals surface area contributed by atoms with E-state index in [4.69, 9.17) is 0 Å². The molecule has 0 bridgehead atoms. The van der Waals surface area contributed by atoms with Gasteiger partial charge in [-0.3, -0.25) is 14.3 Å². The quantitative estimate of drug-likeness (QED) is 0.674. The van der Waals surface area contributed by atoms with Gasteiger partial charge in [0, 0.05) is 18.5 Å². The molecule has 3 rings (SSSR count). The Morgan fingerprint density at radius 2 is 1.94 bits per heavy atom. The van der Waals surface area contributed by atoms with Gasteiger partial charge in [-0.25, -0.2) is 4.79 Å². The number of rotatable bonds is 1. The number of aromatic nitrogens is 3. The van der Waals surface area contributed by atoms with Crippen LogP contribution in [0.1, 0.15) is 5.56 Å².